The largest absolute Gasteiger partial charge is 0.349 e. The van der Waals surface area contributed by atoms with Crippen LogP contribution in [0.25, 0.3) is 0 Å². The van der Waals surface area contributed by atoms with E-state index in [4.69, 9.17) is 17.0 Å². The van der Waals surface area contributed by atoms with Crippen molar-refractivity contribution in [1.82, 2.24) is 0 Å². The minimum atomic E-state index is 0.342. The third kappa shape index (κ3) is 1.82. The quantitative estimate of drug-likeness (QED) is 0.589. The van der Waals surface area contributed by atoms with Gasteiger partial charge in [-0.05, 0) is 17.3 Å². The average molecular weight is 156 g/mol. The molecular weight excluding hydrogens is 150 g/mol. The van der Waals surface area contributed by atoms with E-state index in [1.807, 2.05) is 24.3 Å². The fraction of sp³-hybridized carbons (Fsp3) is 0. The van der Waals surface area contributed by atoms with Crippen molar-refractivity contribution < 1.29 is 0 Å². The predicted molar refractivity (Wildman–Crippen MR) is 41.0 cm³/mol. The molecule has 0 saturated carbocycles. The topological polar surface area (TPSA) is 26.0 Å². The Morgan fingerprint density at radius 2 is 2.22 bits per heavy atom. The molecule has 1 aromatic carbocycles. The molecule has 0 spiro atoms. The number of nitrogens with two attached hydrogens (primary N) is 1. The molecule has 1 rings (SSSR count). The molecule has 46 valence electrons. The van der Waals surface area contributed by atoms with Gasteiger partial charge in [-0.1, -0.05) is 23.7 Å². The Morgan fingerprint density at radius 3 is 2.67 bits per heavy atom. The summed E-state index contributed by atoms with van der Waals surface area (Å²) in [7, 11) is 0.342. The summed E-state index contributed by atoms with van der Waals surface area (Å²) in [5.41, 5.74) is 0. The molecule has 0 heterocycles. The van der Waals surface area contributed by atoms with Gasteiger partial charge >= 0.3 is 0 Å². The minimum Gasteiger partial charge on any atom is -0.349 e. The zero-order valence-corrected chi connectivity index (χ0v) is 6.52. The third-order valence-corrected chi connectivity index (χ3v) is 1.87. The van der Waals surface area contributed by atoms with E-state index >= 15 is 0 Å². The van der Waals surface area contributed by atoms with Crippen molar-refractivity contribution >= 4 is 26.5 Å². The van der Waals surface area contributed by atoms with E-state index in [2.05, 4.69) is 0 Å². The second-order valence-corrected chi connectivity index (χ2v) is 2.96. The molecule has 0 fully saturated rings. The average Bonchev–Trinajstić information content (AvgIpc) is 1.88. The highest BCUT2D eigenvalue weighted by molar-refractivity contribution is 6.50. The van der Waals surface area contributed by atoms with Crippen molar-refractivity contribution in [2.75, 3.05) is 0 Å². The molecule has 0 bridgehead atoms. The molecule has 0 amide bonds. The second-order valence-electron chi connectivity index (χ2n) is 1.65. The molecule has 0 atom stereocenters. The van der Waals surface area contributed by atoms with Gasteiger partial charge in [-0.25, -0.2) is 0 Å². The van der Waals surface area contributed by atoms with Crippen molar-refractivity contribution in [1.29, 1.82) is 0 Å². The van der Waals surface area contributed by atoms with Crippen molar-refractivity contribution in [3.63, 3.8) is 0 Å². The first-order chi connectivity index (χ1) is 4.33. The monoisotopic (exact) mass is 155 g/mol. The van der Waals surface area contributed by atoms with Crippen LogP contribution in [0.5, 0.6) is 0 Å². The van der Waals surface area contributed by atoms with Gasteiger partial charge in [0, 0.05) is 5.02 Å². The fourth-order valence-electron chi connectivity index (χ4n) is 0.578. The van der Waals surface area contributed by atoms with Crippen LogP contribution in [0.1, 0.15) is 0 Å². The van der Waals surface area contributed by atoms with Gasteiger partial charge in [0.15, 0.2) is 9.68 Å². The Balaban J connectivity index is 2.94. The van der Waals surface area contributed by atoms with Gasteiger partial charge in [0.2, 0.25) is 0 Å². The van der Waals surface area contributed by atoms with Crippen LogP contribution in [0.15, 0.2) is 24.3 Å². The SMILES string of the molecule is N[Si]c1cccc(Cl)c1. The van der Waals surface area contributed by atoms with Crippen LogP contribution in [-0.4, -0.2) is 9.68 Å². The molecule has 3 heteroatoms. The van der Waals surface area contributed by atoms with Crippen molar-refractivity contribution in [3.05, 3.63) is 29.3 Å². The van der Waals surface area contributed by atoms with E-state index in [-0.39, 0.29) is 0 Å². The maximum absolute atomic E-state index is 5.67. The predicted octanol–water partition coefficient (Wildman–Crippen LogP) is 0.543. The smallest absolute Gasteiger partial charge is 0.176 e. The summed E-state index contributed by atoms with van der Waals surface area (Å²) in [6.07, 6.45) is 0. The molecular formula is C6H6ClNSi. The van der Waals surface area contributed by atoms with Crippen LogP contribution in [0, 0.1) is 0 Å². The molecule has 1 aromatic rings. The van der Waals surface area contributed by atoms with Crippen LogP contribution < -0.4 is 10.6 Å². The maximum Gasteiger partial charge on any atom is 0.176 e. The highest BCUT2D eigenvalue weighted by Gasteiger charge is 1.89. The summed E-state index contributed by atoms with van der Waals surface area (Å²) in [6, 6.07) is 7.58. The van der Waals surface area contributed by atoms with Crippen LogP contribution >= 0.6 is 11.6 Å². The maximum atomic E-state index is 5.67. The van der Waals surface area contributed by atoms with E-state index < -0.39 is 0 Å². The molecule has 2 radical (unpaired) electrons. The highest BCUT2D eigenvalue weighted by Crippen LogP contribution is 2.02. The van der Waals surface area contributed by atoms with Crippen molar-refractivity contribution in [3.8, 4) is 0 Å². The molecule has 0 aliphatic heterocycles. The first kappa shape index (κ1) is 6.80. The standard InChI is InChI=1S/C6H6ClNSi/c7-5-2-1-3-6(4-5)9-8/h1-4H,8H2. The lowest BCUT2D eigenvalue weighted by Gasteiger charge is -1.92. The van der Waals surface area contributed by atoms with Gasteiger partial charge in [-0.3, -0.25) is 0 Å². The molecule has 1 nitrogen and oxygen atoms in total. The van der Waals surface area contributed by atoms with Crippen LogP contribution in [0.4, 0.5) is 0 Å². The van der Waals surface area contributed by atoms with E-state index in [1.165, 1.54) is 0 Å². The van der Waals surface area contributed by atoms with E-state index in [9.17, 15) is 0 Å². The molecule has 0 saturated heterocycles. The van der Waals surface area contributed by atoms with Gasteiger partial charge < -0.3 is 5.40 Å². The Morgan fingerprint density at radius 1 is 1.44 bits per heavy atom. The Hall–Kier alpha value is -0.313. The summed E-state index contributed by atoms with van der Waals surface area (Å²) < 4.78 is 0. The van der Waals surface area contributed by atoms with Crippen molar-refractivity contribution in [2.24, 2.45) is 5.40 Å². The van der Waals surface area contributed by atoms with Crippen LogP contribution in [0.2, 0.25) is 5.02 Å². The Bertz CT molecular complexity index is 202. The Kier molecular flexibility index (Phi) is 2.27. The van der Waals surface area contributed by atoms with Gasteiger partial charge in [0.1, 0.15) is 0 Å². The van der Waals surface area contributed by atoms with E-state index in [0.717, 1.165) is 10.2 Å². The van der Waals surface area contributed by atoms with Gasteiger partial charge in [-0.15, -0.1) is 0 Å². The lowest BCUT2D eigenvalue weighted by molar-refractivity contribution is 1.74. The van der Waals surface area contributed by atoms with Gasteiger partial charge in [0.25, 0.3) is 0 Å². The Labute approximate surface area is 61.7 Å². The lowest BCUT2D eigenvalue weighted by Crippen LogP contribution is -2.22. The fourth-order valence-corrected chi connectivity index (χ4v) is 1.29. The first-order valence-electron chi connectivity index (χ1n) is 2.55. The minimum absolute atomic E-state index is 0.342. The highest BCUT2D eigenvalue weighted by atomic mass is 35.5. The summed E-state index contributed by atoms with van der Waals surface area (Å²) in [5.74, 6) is 0. The second kappa shape index (κ2) is 3.01. The molecule has 0 aromatic heterocycles. The van der Waals surface area contributed by atoms with Crippen LogP contribution in [-0.2, 0) is 0 Å². The number of hydrogen-bond donors (Lipinski definition) is 1. The first-order valence-corrected chi connectivity index (χ1v) is 4.00. The summed E-state index contributed by atoms with van der Waals surface area (Å²) in [5, 5.41) is 7.24. The number of benzene rings is 1. The number of rotatable bonds is 1. The lowest BCUT2D eigenvalue weighted by atomic mass is 10.4. The molecule has 9 heavy (non-hydrogen) atoms. The summed E-state index contributed by atoms with van der Waals surface area (Å²) in [4.78, 5) is 0. The van der Waals surface area contributed by atoms with Gasteiger partial charge in [-0.2, -0.15) is 0 Å². The van der Waals surface area contributed by atoms with Crippen molar-refractivity contribution in [2.45, 2.75) is 0 Å². The van der Waals surface area contributed by atoms with E-state index in [1.54, 1.807) is 0 Å². The summed E-state index contributed by atoms with van der Waals surface area (Å²) in [6.45, 7) is 0. The van der Waals surface area contributed by atoms with E-state index in [0.29, 0.717) is 9.68 Å². The molecule has 0 aliphatic rings. The summed E-state index contributed by atoms with van der Waals surface area (Å²) >= 11 is 5.67. The molecule has 2 N–H and O–H groups in total. The zero-order chi connectivity index (χ0) is 6.69. The van der Waals surface area contributed by atoms with Crippen LogP contribution in [0.3, 0.4) is 0 Å². The zero-order valence-electron chi connectivity index (χ0n) is 4.76. The molecule has 0 unspecified atom stereocenters. The normalized spacial score (nSPS) is 9.56. The number of halogens is 1. The third-order valence-electron chi connectivity index (χ3n) is 0.991. The molecule has 0 aliphatic carbocycles. The van der Waals surface area contributed by atoms with Gasteiger partial charge in [0.05, 0.1) is 0 Å². The number of hydrogen-bond acceptors (Lipinski definition) is 1.